The van der Waals surface area contributed by atoms with Crippen LogP contribution in [0.4, 0.5) is 0 Å². The van der Waals surface area contributed by atoms with Gasteiger partial charge in [0.1, 0.15) is 5.82 Å². The van der Waals surface area contributed by atoms with Gasteiger partial charge in [0.15, 0.2) is 0 Å². The minimum absolute atomic E-state index is 0.669. The van der Waals surface area contributed by atoms with E-state index in [2.05, 4.69) is 41.4 Å². The van der Waals surface area contributed by atoms with Crippen LogP contribution in [0.5, 0.6) is 0 Å². The van der Waals surface area contributed by atoms with Crippen molar-refractivity contribution < 1.29 is 0 Å². The molecule has 1 unspecified atom stereocenters. The fraction of sp³-hybridized carbons (Fsp3) is 0.824. The fourth-order valence-electron chi connectivity index (χ4n) is 3.68. The highest BCUT2D eigenvalue weighted by Gasteiger charge is 2.33. The zero-order chi connectivity index (χ0) is 14.1. The summed E-state index contributed by atoms with van der Waals surface area (Å²) in [5.41, 5.74) is 1.36. The number of nitrogens with zero attached hydrogens (tertiary/aromatic N) is 3. The van der Waals surface area contributed by atoms with Crippen molar-refractivity contribution in [1.82, 2.24) is 14.5 Å². The quantitative estimate of drug-likeness (QED) is 0.788. The molecule has 1 atom stereocenters. The molecule has 3 rings (SSSR count). The second-order valence-electron chi connectivity index (χ2n) is 6.79. The minimum atomic E-state index is 0.669. The number of likely N-dealkylation sites (tertiary alicyclic amines) is 1. The van der Waals surface area contributed by atoms with E-state index in [1.807, 2.05) is 0 Å². The Morgan fingerprint density at radius 2 is 2.00 bits per heavy atom. The highest BCUT2D eigenvalue weighted by molar-refractivity contribution is 5.15. The zero-order valence-corrected chi connectivity index (χ0v) is 13.3. The summed E-state index contributed by atoms with van der Waals surface area (Å²) in [5, 5.41) is 0. The minimum Gasteiger partial charge on any atom is -0.328 e. The van der Waals surface area contributed by atoms with Gasteiger partial charge in [-0.05, 0) is 32.1 Å². The lowest BCUT2D eigenvalue weighted by molar-refractivity contribution is 0.259. The monoisotopic (exact) mass is 275 g/mol. The van der Waals surface area contributed by atoms with Crippen LogP contribution in [0, 0.1) is 12.8 Å². The Hall–Kier alpha value is -0.830. The summed E-state index contributed by atoms with van der Waals surface area (Å²) in [6, 6.07) is 0.669. The van der Waals surface area contributed by atoms with Gasteiger partial charge in [-0.2, -0.15) is 0 Å². The zero-order valence-electron chi connectivity index (χ0n) is 13.3. The van der Waals surface area contributed by atoms with Crippen molar-refractivity contribution in [3.8, 4) is 0 Å². The Balaban J connectivity index is 1.66. The molecule has 2 heterocycles. The number of aryl methyl sites for hydroxylation is 1. The van der Waals surface area contributed by atoms with Crippen molar-refractivity contribution in [3.63, 3.8) is 0 Å². The summed E-state index contributed by atoms with van der Waals surface area (Å²) in [7, 11) is 0. The molecule has 3 heteroatoms. The van der Waals surface area contributed by atoms with Crippen LogP contribution in [0.2, 0.25) is 0 Å². The molecular formula is C17H29N3. The number of imidazole rings is 1. The van der Waals surface area contributed by atoms with Gasteiger partial charge in [-0.1, -0.05) is 26.7 Å². The van der Waals surface area contributed by atoms with Crippen molar-refractivity contribution >= 4 is 0 Å². The molecule has 0 amide bonds. The topological polar surface area (TPSA) is 21.1 Å². The molecule has 0 spiro atoms. The largest absolute Gasteiger partial charge is 0.328 e. The van der Waals surface area contributed by atoms with E-state index in [1.165, 1.54) is 63.3 Å². The molecule has 0 N–H and O–H groups in total. The first-order chi connectivity index (χ1) is 9.72. The average Bonchev–Trinajstić information content (AvgIpc) is 3.08. The highest BCUT2D eigenvalue weighted by Crippen LogP contribution is 2.41. The van der Waals surface area contributed by atoms with Crippen LogP contribution in [0.15, 0.2) is 6.20 Å². The van der Waals surface area contributed by atoms with E-state index in [-0.39, 0.29) is 0 Å². The predicted molar refractivity (Wildman–Crippen MR) is 83.1 cm³/mol. The first kappa shape index (κ1) is 14.1. The van der Waals surface area contributed by atoms with E-state index in [1.54, 1.807) is 0 Å². The Morgan fingerprint density at radius 3 is 2.65 bits per heavy atom. The standard InChI is InChI=1S/C17H29N3/c1-4-14(5-2)11-19-9-8-16(12-19)20-13(3)10-18-17(20)15-6-7-15/h10,14-16H,4-9,11-12H2,1-3H3. The predicted octanol–water partition coefficient (Wildman–Crippen LogP) is 3.75. The molecule has 2 aliphatic rings. The summed E-state index contributed by atoms with van der Waals surface area (Å²) in [6.45, 7) is 10.7. The SMILES string of the molecule is CCC(CC)CN1CCC(n2c(C)cnc2C2CC2)C1. The average molecular weight is 275 g/mol. The molecule has 1 saturated heterocycles. The molecule has 3 nitrogen and oxygen atoms in total. The van der Waals surface area contributed by atoms with Crippen molar-refractivity contribution in [1.29, 1.82) is 0 Å². The van der Waals surface area contributed by atoms with E-state index in [0.717, 1.165) is 11.8 Å². The number of rotatable bonds is 6. The molecule has 0 bridgehead atoms. The van der Waals surface area contributed by atoms with Crippen LogP contribution >= 0.6 is 0 Å². The van der Waals surface area contributed by atoms with Gasteiger partial charge in [0, 0.05) is 43.5 Å². The second-order valence-corrected chi connectivity index (χ2v) is 6.79. The molecule has 1 aromatic rings. The van der Waals surface area contributed by atoms with Crippen LogP contribution in [0.3, 0.4) is 0 Å². The molecule has 1 aromatic heterocycles. The molecule has 1 aliphatic carbocycles. The van der Waals surface area contributed by atoms with Crippen molar-refractivity contribution in [2.24, 2.45) is 5.92 Å². The van der Waals surface area contributed by atoms with Gasteiger partial charge >= 0.3 is 0 Å². The fourth-order valence-corrected chi connectivity index (χ4v) is 3.68. The van der Waals surface area contributed by atoms with Crippen molar-refractivity contribution in [2.75, 3.05) is 19.6 Å². The van der Waals surface area contributed by atoms with Gasteiger partial charge in [0.05, 0.1) is 0 Å². The lowest BCUT2D eigenvalue weighted by Gasteiger charge is -2.23. The van der Waals surface area contributed by atoms with E-state index in [4.69, 9.17) is 0 Å². The van der Waals surface area contributed by atoms with Crippen LogP contribution in [0.1, 0.15) is 69.4 Å². The van der Waals surface area contributed by atoms with Gasteiger partial charge in [0.2, 0.25) is 0 Å². The maximum atomic E-state index is 4.69. The Labute approximate surface area is 123 Å². The van der Waals surface area contributed by atoms with Crippen LogP contribution in [-0.4, -0.2) is 34.1 Å². The van der Waals surface area contributed by atoms with E-state index in [9.17, 15) is 0 Å². The highest BCUT2D eigenvalue weighted by atomic mass is 15.2. The van der Waals surface area contributed by atoms with Crippen LogP contribution in [-0.2, 0) is 0 Å². The molecule has 20 heavy (non-hydrogen) atoms. The molecule has 1 aliphatic heterocycles. The first-order valence-corrected chi connectivity index (χ1v) is 8.49. The van der Waals surface area contributed by atoms with Gasteiger partial charge in [-0.3, -0.25) is 0 Å². The third-order valence-electron chi connectivity index (χ3n) is 5.24. The van der Waals surface area contributed by atoms with E-state index < -0.39 is 0 Å². The maximum Gasteiger partial charge on any atom is 0.112 e. The Kier molecular flexibility index (Phi) is 4.16. The Morgan fingerprint density at radius 1 is 1.25 bits per heavy atom. The summed E-state index contributed by atoms with van der Waals surface area (Å²) in [5.74, 6) is 3.01. The normalized spacial score (nSPS) is 23.9. The number of hydrogen-bond donors (Lipinski definition) is 0. The molecule has 0 radical (unpaired) electrons. The molecular weight excluding hydrogens is 246 g/mol. The molecule has 112 valence electrons. The third kappa shape index (κ3) is 2.78. The molecule has 2 fully saturated rings. The van der Waals surface area contributed by atoms with Crippen LogP contribution in [0.25, 0.3) is 0 Å². The number of hydrogen-bond acceptors (Lipinski definition) is 2. The van der Waals surface area contributed by atoms with Gasteiger partial charge in [0.25, 0.3) is 0 Å². The summed E-state index contributed by atoms with van der Waals surface area (Å²) < 4.78 is 2.56. The molecule has 1 saturated carbocycles. The van der Waals surface area contributed by atoms with E-state index in [0.29, 0.717) is 6.04 Å². The van der Waals surface area contributed by atoms with Crippen molar-refractivity contribution in [3.05, 3.63) is 17.7 Å². The maximum absolute atomic E-state index is 4.69. The summed E-state index contributed by atoms with van der Waals surface area (Å²) >= 11 is 0. The lowest BCUT2D eigenvalue weighted by atomic mass is 10.0. The Bertz CT molecular complexity index is 443. The van der Waals surface area contributed by atoms with Gasteiger partial charge in [-0.25, -0.2) is 4.98 Å². The second kappa shape index (κ2) is 5.88. The van der Waals surface area contributed by atoms with E-state index >= 15 is 0 Å². The smallest absolute Gasteiger partial charge is 0.112 e. The lowest BCUT2D eigenvalue weighted by Crippen LogP contribution is -2.28. The van der Waals surface area contributed by atoms with Gasteiger partial charge < -0.3 is 9.47 Å². The third-order valence-corrected chi connectivity index (χ3v) is 5.24. The van der Waals surface area contributed by atoms with Crippen molar-refractivity contribution in [2.45, 2.75) is 64.8 Å². The summed E-state index contributed by atoms with van der Waals surface area (Å²) in [4.78, 5) is 7.36. The van der Waals surface area contributed by atoms with Crippen LogP contribution < -0.4 is 0 Å². The van der Waals surface area contributed by atoms with Gasteiger partial charge in [-0.15, -0.1) is 0 Å². The summed E-state index contributed by atoms with van der Waals surface area (Å²) in [6.07, 6.45) is 8.71. The number of aromatic nitrogens is 2. The first-order valence-electron chi connectivity index (χ1n) is 8.49. The molecule has 0 aromatic carbocycles.